The highest BCUT2D eigenvalue weighted by Gasteiger charge is 2.74. The van der Waals surface area contributed by atoms with E-state index in [4.69, 9.17) is 9.47 Å². The first-order valence-corrected chi connectivity index (χ1v) is 22.9. The summed E-state index contributed by atoms with van der Waals surface area (Å²) >= 11 is 0. The lowest BCUT2D eigenvalue weighted by Crippen LogP contribution is -2.55. The Morgan fingerprint density at radius 2 is 0.896 bits per heavy atom. The standard InChI is InChI=1S/C55H37F12N3O7/c1-29-5-26-44(71)69(29)35-14-22-39(23-15-35)77-38-20-10-32(11-21-38)50(52(56,57)58,53(59,60)61)31-8-18-37(19-9-31)76-36-16-6-30(7-17-36)49(2,3)70-47(74)41-25-13-34(28-43(41)48(70)75)51(54(62,63)64,55(65,66)67)33-12-24-40-42(27-33)46(73)68(4)45(40)72/h5-22,24-28,39H,1,23H2,2-4H3. The average molecular weight is 1080 g/mol. The minimum atomic E-state index is -6.19. The van der Waals surface area contributed by atoms with E-state index in [0.29, 0.717) is 81.9 Å². The van der Waals surface area contributed by atoms with Crippen LogP contribution in [-0.2, 0) is 21.2 Å². The summed E-state index contributed by atoms with van der Waals surface area (Å²) < 4.78 is 193. The predicted molar refractivity (Wildman–Crippen MR) is 249 cm³/mol. The zero-order valence-corrected chi connectivity index (χ0v) is 40.0. The van der Waals surface area contributed by atoms with Crippen LogP contribution in [0.4, 0.5) is 52.7 Å². The monoisotopic (exact) mass is 1080 g/mol. The normalized spacial score (nSPS) is 17.4. The summed E-state index contributed by atoms with van der Waals surface area (Å²) in [6.07, 6.45) is -17.0. The van der Waals surface area contributed by atoms with Gasteiger partial charge in [-0.3, -0.25) is 38.7 Å². The van der Waals surface area contributed by atoms with Gasteiger partial charge in [0.1, 0.15) is 23.4 Å². The molecule has 3 heterocycles. The maximum atomic E-state index is 15.2. The zero-order chi connectivity index (χ0) is 56.2. The molecule has 1 aliphatic carbocycles. The van der Waals surface area contributed by atoms with Gasteiger partial charge in [0.2, 0.25) is 10.8 Å². The number of hydrogen-bond acceptors (Lipinski definition) is 7. The molecule has 1 unspecified atom stereocenters. The van der Waals surface area contributed by atoms with E-state index in [0.717, 1.165) is 31.3 Å². The SMILES string of the molecule is C=C1C=CC(=O)N1C1=CCC(Oc2ccc(C(c3ccc(Oc4ccc(C(C)(C)N5C(=O)c6ccc(C(c7ccc8c(c7)C(=O)N(C)C8=O)(C(F)(F)F)C(F)(F)F)cc6C5=O)cc4)cc3)(C(F)(F)F)C(F)(F)F)cc2)C=C1. The lowest BCUT2D eigenvalue weighted by Gasteiger charge is -2.38. The number of nitrogens with zero attached hydrogens (tertiary/aromatic N) is 3. The molecule has 0 bridgehead atoms. The Hall–Kier alpha value is -8.43. The Morgan fingerprint density at radius 3 is 1.34 bits per heavy atom. The van der Waals surface area contributed by atoms with Crippen molar-refractivity contribution in [3.05, 3.63) is 208 Å². The molecule has 4 aliphatic rings. The fourth-order valence-electron chi connectivity index (χ4n) is 10.1. The Balaban J connectivity index is 0.936. The van der Waals surface area contributed by atoms with Gasteiger partial charge in [0, 0.05) is 30.9 Å². The van der Waals surface area contributed by atoms with Gasteiger partial charge in [0.25, 0.3) is 29.5 Å². The average Bonchev–Trinajstić information content (AvgIpc) is 4.02. The molecular formula is C55H37F12N3O7. The van der Waals surface area contributed by atoms with Crippen molar-refractivity contribution in [1.82, 2.24) is 14.7 Å². The fraction of sp³-hybridized carbons (Fsp3) is 0.218. The van der Waals surface area contributed by atoms with E-state index >= 15 is 52.7 Å². The van der Waals surface area contributed by atoms with Gasteiger partial charge in [0.15, 0.2) is 0 Å². The van der Waals surface area contributed by atoms with Crippen LogP contribution in [0.2, 0.25) is 0 Å². The lowest BCUT2D eigenvalue weighted by molar-refractivity contribution is -0.290. The number of alkyl halides is 12. The lowest BCUT2D eigenvalue weighted by atomic mass is 9.71. The van der Waals surface area contributed by atoms with Gasteiger partial charge in [-0.05, 0) is 121 Å². The van der Waals surface area contributed by atoms with Gasteiger partial charge in [-0.25, -0.2) is 0 Å². The van der Waals surface area contributed by atoms with Crippen LogP contribution in [0.3, 0.4) is 0 Å². The van der Waals surface area contributed by atoms with Gasteiger partial charge in [-0.2, -0.15) is 52.7 Å². The van der Waals surface area contributed by atoms with Crippen molar-refractivity contribution in [3.63, 3.8) is 0 Å². The molecular weight excluding hydrogens is 1040 g/mol. The Bertz CT molecular complexity index is 3360. The van der Waals surface area contributed by atoms with Crippen molar-refractivity contribution in [2.75, 3.05) is 7.05 Å². The van der Waals surface area contributed by atoms with Crippen LogP contribution < -0.4 is 9.47 Å². The maximum Gasteiger partial charge on any atom is 0.411 e. The Labute approximate surface area is 428 Å². The molecule has 77 heavy (non-hydrogen) atoms. The molecule has 22 heteroatoms. The van der Waals surface area contributed by atoms with Gasteiger partial charge >= 0.3 is 24.7 Å². The number of carbonyl (C=O) groups excluding carboxylic acids is 5. The fourth-order valence-corrected chi connectivity index (χ4v) is 10.1. The molecule has 9 rings (SSSR count). The van der Waals surface area contributed by atoms with E-state index in [1.165, 1.54) is 55.2 Å². The number of allylic oxidation sites excluding steroid dienone is 2. The summed E-state index contributed by atoms with van der Waals surface area (Å²) in [6.45, 7) is 6.47. The summed E-state index contributed by atoms with van der Waals surface area (Å²) in [5, 5.41) is 0. The minimum absolute atomic E-state index is 0.0412. The quantitative estimate of drug-likeness (QED) is 0.0956. The van der Waals surface area contributed by atoms with Crippen molar-refractivity contribution < 1.29 is 86.1 Å². The number of benzene rings is 5. The van der Waals surface area contributed by atoms with Crippen LogP contribution in [0.1, 0.15) is 89.5 Å². The summed E-state index contributed by atoms with van der Waals surface area (Å²) in [6, 6.07) is 14.1. The highest BCUT2D eigenvalue weighted by Crippen LogP contribution is 2.58. The summed E-state index contributed by atoms with van der Waals surface area (Å²) in [7, 11) is 0.994. The van der Waals surface area contributed by atoms with Gasteiger partial charge < -0.3 is 9.47 Å². The largest absolute Gasteiger partial charge is 0.486 e. The molecule has 398 valence electrons. The number of carbonyl (C=O) groups is 5. The second-order valence-electron chi connectivity index (χ2n) is 18.7. The van der Waals surface area contributed by atoms with Crippen LogP contribution in [0.15, 0.2) is 158 Å². The first kappa shape index (κ1) is 53.4. The molecule has 0 fully saturated rings. The second kappa shape index (κ2) is 18.1. The van der Waals surface area contributed by atoms with Crippen molar-refractivity contribution in [3.8, 4) is 17.2 Å². The molecule has 0 radical (unpaired) electrons. The van der Waals surface area contributed by atoms with Crippen LogP contribution in [0.5, 0.6) is 17.2 Å². The van der Waals surface area contributed by atoms with Crippen molar-refractivity contribution in [2.45, 2.75) is 67.4 Å². The molecule has 0 spiro atoms. The van der Waals surface area contributed by atoms with Crippen molar-refractivity contribution >= 4 is 29.5 Å². The Kier molecular flexibility index (Phi) is 12.6. The topological polar surface area (TPSA) is 114 Å². The van der Waals surface area contributed by atoms with E-state index in [-0.39, 0.29) is 35.1 Å². The van der Waals surface area contributed by atoms with Crippen molar-refractivity contribution in [2.24, 2.45) is 0 Å². The molecule has 5 aromatic rings. The Morgan fingerprint density at radius 1 is 0.494 bits per heavy atom. The smallest absolute Gasteiger partial charge is 0.411 e. The number of hydrogen-bond donors (Lipinski definition) is 0. The molecule has 0 aromatic heterocycles. The van der Waals surface area contributed by atoms with E-state index in [2.05, 4.69) is 6.58 Å². The first-order chi connectivity index (χ1) is 35.9. The van der Waals surface area contributed by atoms with Crippen LogP contribution in [0.25, 0.3) is 0 Å². The van der Waals surface area contributed by atoms with E-state index in [1.54, 1.807) is 18.2 Å². The summed E-state index contributed by atoms with van der Waals surface area (Å²) in [4.78, 5) is 67.7. The number of amides is 5. The molecule has 5 aromatic carbocycles. The third-order valence-corrected chi connectivity index (χ3v) is 14.0. The van der Waals surface area contributed by atoms with E-state index in [9.17, 15) is 24.0 Å². The predicted octanol–water partition coefficient (Wildman–Crippen LogP) is 12.6. The number of halogens is 12. The maximum absolute atomic E-state index is 15.2. The zero-order valence-electron chi connectivity index (χ0n) is 40.0. The van der Waals surface area contributed by atoms with Gasteiger partial charge in [-0.1, -0.05) is 61.2 Å². The molecule has 0 saturated heterocycles. The number of fused-ring (bicyclic) bond motifs is 2. The highest BCUT2D eigenvalue weighted by molar-refractivity contribution is 6.22. The third kappa shape index (κ3) is 8.35. The number of imide groups is 2. The van der Waals surface area contributed by atoms with Crippen LogP contribution >= 0.6 is 0 Å². The summed E-state index contributed by atoms with van der Waals surface area (Å²) in [5.74, 6) is -5.12. The van der Waals surface area contributed by atoms with Crippen LogP contribution in [0, 0.1) is 0 Å². The first-order valence-electron chi connectivity index (χ1n) is 22.9. The van der Waals surface area contributed by atoms with E-state index < -0.39 is 115 Å². The molecule has 0 saturated carbocycles. The van der Waals surface area contributed by atoms with Crippen LogP contribution in [-0.4, -0.2) is 82.1 Å². The number of rotatable bonds is 11. The molecule has 3 aliphatic heterocycles. The second-order valence-corrected chi connectivity index (χ2v) is 18.7. The molecule has 1 atom stereocenters. The summed E-state index contributed by atoms with van der Waals surface area (Å²) in [5.41, 5.74) is -17.9. The van der Waals surface area contributed by atoms with E-state index in [1.807, 2.05) is 0 Å². The number of ether oxygens (including phenoxy) is 2. The molecule has 10 nitrogen and oxygen atoms in total. The molecule has 0 N–H and O–H groups in total. The minimum Gasteiger partial charge on any atom is -0.486 e. The van der Waals surface area contributed by atoms with Gasteiger partial charge in [-0.15, -0.1) is 0 Å². The third-order valence-electron chi connectivity index (χ3n) is 14.0. The molecule has 5 amide bonds. The van der Waals surface area contributed by atoms with Gasteiger partial charge in [0.05, 0.1) is 27.8 Å². The highest BCUT2D eigenvalue weighted by atomic mass is 19.4. The van der Waals surface area contributed by atoms with Crippen molar-refractivity contribution in [1.29, 1.82) is 0 Å².